The number of hydrogen-bond donors (Lipinski definition) is 2. The van der Waals surface area contributed by atoms with Crippen molar-refractivity contribution in [3.8, 4) is 0 Å². The molecule has 72 valence electrons. The summed E-state index contributed by atoms with van der Waals surface area (Å²) in [5.74, 6) is -0.301. The summed E-state index contributed by atoms with van der Waals surface area (Å²) in [7, 11) is 1.67. The number of aliphatic hydroxyl groups is 1. The number of nitrogens with one attached hydrogen (secondary N) is 1. The van der Waals surface area contributed by atoms with Gasteiger partial charge in [0, 0.05) is 0 Å². The Labute approximate surface area is 71.7 Å². The van der Waals surface area contributed by atoms with Crippen LogP contribution in [0.15, 0.2) is 0 Å². The van der Waals surface area contributed by atoms with Gasteiger partial charge in [-0.3, -0.25) is 4.79 Å². The largest absolute Gasteiger partial charge is 0.462 e. The van der Waals surface area contributed by atoms with E-state index in [2.05, 4.69) is 5.32 Å². The third kappa shape index (κ3) is 7.46. The zero-order valence-corrected chi connectivity index (χ0v) is 7.21. The summed E-state index contributed by atoms with van der Waals surface area (Å²) in [6.45, 7) is 1.05. The quantitative estimate of drug-likeness (QED) is 0.376. The van der Waals surface area contributed by atoms with Crippen molar-refractivity contribution >= 4 is 5.97 Å². The van der Waals surface area contributed by atoms with Gasteiger partial charge in [0.1, 0.15) is 6.61 Å². The zero-order chi connectivity index (χ0) is 9.23. The van der Waals surface area contributed by atoms with E-state index in [0.717, 1.165) is 0 Å². The van der Waals surface area contributed by atoms with Gasteiger partial charge in [0.15, 0.2) is 0 Å². The molecule has 0 rings (SSSR count). The van der Waals surface area contributed by atoms with Crippen molar-refractivity contribution in [1.29, 1.82) is 0 Å². The van der Waals surface area contributed by atoms with E-state index in [9.17, 15) is 4.79 Å². The predicted molar refractivity (Wildman–Crippen MR) is 42.8 cm³/mol. The highest BCUT2D eigenvalue weighted by atomic mass is 16.6. The lowest BCUT2D eigenvalue weighted by Crippen LogP contribution is -2.22. The van der Waals surface area contributed by atoms with E-state index in [1.165, 1.54) is 0 Å². The van der Waals surface area contributed by atoms with Gasteiger partial charge < -0.3 is 19.9 Å². The van der Waals surface area contributed by atoms with Gasteiger partial charge in [-0.1, -0.05) is 0 Å². The molecule has 0 unspecified atom stereocenters. The lowest BCUT2D eigenvalue weighted by molar-refractivity contribution is -0.144. The number of ether oxygens (including phenoxy) is 2. The Bertz CT molecular complexity index is 118. The molecule has 0 saturated carbocycles. The Kier molecular flexibility index (Phi) is 7.99. The smallest absolute Gasteiger partial charge is 0.319 e. The summed E-state index contributed by atoms with van der Waals surface area (Å²) < 4.78 is 9.58. The zero-order valence-electron chi connectivity index (χ0n) is 7.21. The van der Waals surface area contributed by atoms with Crippen LogP contribution in [0, 0.1) is 0 Å². The summed E-state index contributed by atoms with van der Waals surface area (Å²) in [5, 5.41) is 11.0. The average molecular weight is 177 g/mol. The van der Waals surface area contributed by atoms with Crippen molar-refractivity contribution in [2.45, 2.75) is 0 Å². The number of aliphatic hydroxyl groups excluding tert-OH is 1. The maximum Gasteiger partial charge on any atom is 0.319 e. The molecule has 5 heteroatoms. The fraction of sp³-hybridized carbons (Fsp3) is 0.857. The molecule has 0 aromatic heterocycles. The number of rotatable bonds is 7. The minimum atomic E-state index is -0.301. The summed E-state index contributed by atoms with van der Waals surface area (Å²) in [5.41, 5.74) is 0. The first kappa shape index (κ1) is 11.4. The molecule has 0 aliphatic rings. The van der Waals surface area contributed by atoms with Crippen LogP contribution in [0.5, 0.6) is 0 Å². The van der Waals surface area contributed by atoms with Crippen LogP contribution in [-0.4, -0.2) is 51.1 Å². The molecular weight excluding hydrogens is 162 g/mol. The molecule has 2 N–H and O–H groups in total. The maximum absolute atomic E-state index is 10.7. The van der Waals surface area contributed by atoms with E-state index in [-0.39, 0.29) is 32.3 Å². The minimum Gasteiger partial charge on any atom is -0.462 e. The van der Waals surface area contributed by atoms with Crippen LogP contribution in [0.2, 0.25) is 0 Å². The van der Waals surface area contributed by atoms with Gasteiger partial charge in [-0.2, -0.15) is 0 Å². The van der Waals surface area contributed by atoms with Gasteiger partial charge in [-0.15, -0.1) is 0 Å². The van der Waals surface area contributed by atoms with Crippen LogP contribution in [0.1, 0.15) is 0 Å². The van der Waals surface area contributed by atoms with Crippen LogP contribution in [0.25, 0.3) is 0 Å². The molecule has 0 aromatic carbocycles. The number of likely N-dealkylation sites (N-methyl/N-ethyl adjacent to an activating group) is 1. The van der Waals surface area contributed by atoms with Gasteiger partial charge in [0.25, 0.3) is 0 Å². The highest BCUT2D eigenvalue weighted by molar-refractivity contribution is 5.71. The molecule has 0 aromatic rings. The van der Waals surface area contributed by atoms with E-state index in [4.69, 9.17) is 14.6 Å². The highest BCUT2D eigenvalue weighted by Crippen LogP contribution is 1.79. The number of carbonyl (C=O) groups is 1. The Morgan fingerprint density at radius 1 is 1.42 bits per heavy atom. The number of esters is 1. The first-order chi connectivity index (χ1) is 5.81. The van der Waals surface area contributed by atoms with Crippen molar-refractivity contribution in [2.24, 2.45) is 0 Å². The summed E-state index contributed by atoms with van der Waals surface area (Å²) >= 11 is 0. The molecule has 0 radical (unpaired) electrons. The molecule has 0 fully saturated rings. The fourth-order valence-corrected chi connectivity index (χ4v) is 0.576. The first-order valence-corrected chi connectivity index (χ1v) is 3.80. The van der Waals surface area contributed by atoms with Gasteiger partial charge in [-0.05, 0) is 7.05 Å². The molecule has 0 atom stereocenters. The highest BCUT2D eigenvalue weighted by Gasteiger charge is 1.98. The Balaban J connectivity index is 3.03. The molecule has 5 nitrogen and oxygen atoms in total. The number of carbonyl (C=O) groups excluding carboxylic acids is 1. The maximum atomic E-state index is 10.7. The number of hydrogen-bond acceptors (Lipinski definition) is 5. The Morgan fingerprint density at radius 3 is 2.75 bits per heavy atom. The molecule has 0 saturated heterocycles. The van der Waals surface area contributed by atoms with Crippen molar-refractivity contribution in [3.05, 3.63) is 0 Å². The monoisotopic (exact) mass is 177 g/mol. The van der Waals surface area contributed by atoms with Gasteiger partial charge in [0.2, 0.25) is 0 Å². The van der Waals surface area contributed by atoms with E-state index in [1.54, 1.807) is 7.05 Å². The van der Waals surface area contributed by atoms with E-state index in [0.29, 0.717) is 6.61 Å². The van der Waals surface area contributed by atoms with Crippen molar-refractivity contribution < 1.29 is 19.4 Å². The second kappa shape index (κ2) is 8.45. The topological polar surface area (TPSA) is 67.8 Å². The van der Waals surface area contributed by atoms with E-state index >= 15 is 0 Å². The van der Waals surface area contributed by atoms with E-state index in [1.807, 2.05) is 0 Å². The molecule has 0 spiro atoms. The van der Waals surface area contributed by atoms with Crippen LogP contribution >= 0.6 is 0 Å². The summed E-state index contributed by atoms with van der Waals surface area (Å²) in [6, 6.07) is 0. The van der Waals surface area contributed by atoms with Crippen molar-refractivity contribution in [2.75, 3.05) is 40.0 Å². The van der Waals surface area contributed by atoms with Crippen LogP contribution in [-0.2, 0) is 14.3 Å². The predicted octanol–water partition coefficient (Wildman–Crippen LogP) is -1.24. The lowest BCUT2D eigenvalue weighted by atomic mass is 10.6. The molecule has 0 bridgehead atoms. The second-order valence-electron chi connectivity index (χ2n) is 2.09. The third-order valence-electron chi connectivity index (χ3n) is 1.05. The van der Waals surface area contributed by atoms with Gasteiger partial charge >= 0.3 is 5.97 Å². The van der Waals surface area contributed by atoms with E-state index < -0.39 is 0 Å². The van der Waals surface area contributed by atoms with Gasteiger partial charge in [-0.25, -0.2) is 0 Å². The van der Waals surface area contributed by atoms with Gasteiger partial charge in [0.05, 0.1) is 26.4 Å². The molecule has 0 amide bonds. The average Bonchev–Trinajstić information content (AvgIpc) is 2.05. The second-order valence-corrected chi connectivity index (χ2v) is 2.09. The lowest BCUT2D eigenvalue weighted by Gasteiger charge is -2.04. The normalized spacial score (nSPS) is 9.83. The molecule has 12 heavy (non-hydrogen) atoms. The standard InChI is InChI=1S/C7H15NO4/c1-8-6-7(10)12-5-4-11-3-2-9/h8-9H,2-6H2,1H3. The molecule has 0 aliphatic carbocycles. The third-order valence-corrected chi connectivity index (χ3v) is 1.05. The molecule has 0 aliphatic heterocycles. The first-order valence-electron chi connectivity index (χ1n) is 3.80. The SMILES string of the molecule is CNCC(=O)OCCOCCO. The van der Waals surface area contributed by atoms with Crippen molar-refractivity contribution in [3.63, 3.8) is 0 Å². The molecule has 0 heterocycles. The van der Waals surface area contributed by atoms with Crippen molar-refractivity contribution in [1.82, 2.24) is 5.32 Å². The minimum absolute atomic E-state index is 0.00946. The van der Waals surface area contributed by atoms with Crippen LogP contribution in [0.4, 0.5) is 0 Å². The Morgan fingerprint density at radius 2 is 2.17 bits per heavy atom. The summed E-state index contributed by atoms with van der Waals surface area (Å²) in [4.78, 5) is 10.7. The molecular formula is C7H15NO4. The van der Waals surface area contributed by atoms with Crippen LogP contribution in [0.3, 0.4) is 0 Å². The fourth-order valence-electron chi connectivity index (χ4n) is 0.576. The van der Waals surface area contributed by atoms with Crippen LogP contribution < -0.4 is 5.32 Å². The summed E-state index contributed by atoms with van der Waals surface area (Å²) in [6.07, 6.45) is 0. The Hall–Kier alpha value is -0.650.